The van der Waals surface area contributed by atoms with Crippen molar-refractivity contribution in [2.45, 2.75) is 13.3 Å². The van der Waals surface area contributed by atoms with Gasteiger partial charge in [0, 0.05) is 10.9 Å². The second-order valence-electron chi connectivity index (χ2n) is 5.07. The van der Waals surface area contributed by atoms with Gasteiger partial charge in [0.2, 0.25) is 0 Å². The molecule has 0 aliphatic heterocycles. The van der Waals surface area contributed by atoms with E-state index < -0.39 is 0 Å². The van der Waals surface area contributed by atoms with Crippen molar-refractivity contribution >= 4 is 22.4 Å². The fraction of sp³-hybridized carbons (Fsp3) is 0.111. The Kier molecular flexibility index (Phi) is 4.30. The van der Waals surface area contributed by atoms with E-state index in [9.17, 15) is 4.79 Å². The normalized spacial score (nSPS) is 10.4. The van der Waals surface area contributed by atoms with Crippen LogP contribution in [-0.4, -0.2) is 10.9 Å². The lowest BCUT2D eigenvalue weighted by molar-refractivity contribution is 0.102. The molecular formula is C18H16N2OS. The van der Waals surface area contributed by atoms with E-state index in [2.05, 4.69) is 22.4 Å². The van der Waals surface area contributed by atoms with Gasteiger partial charge in [0.25, 0.3) is 5.91 Å². The molecule has 0 atom stereocenters. The van der Waals surface area contributed by atoms with Gasteiger partial charge in [-0.1, -0.05) is 48.5 Å². The van der Waals surface area contributed by atoms with Crippen LogP contribution in [0.25, 0.3) is 0 Å². The molecule has 4 heteroatoms. The van der Waals surface area contributed by atoms with Crippen LogP contribution in [0.3, 0.4) is 0 Å². The number of aryl methyl sites for hydroxylation is 1. The van der Waals surface area contributed by atoms with Crippen molar-refractivity contribution < 1.29 is 4.79 Å². The molecule has 0 unspecified atom stereocenters. The van der Waals surface area contributed by atoms with Gasteiger partial charge in [-0.2, -0.15) is 0 Å². The Balaban J connectivity index is 1.83. The Hall–Kier alpha value is -2.46. The first-order valence-corrected chi connectivity index (χ1v) is 7.95. The highest BCUT2D eigenvalue weighted by Gasteiger charge is 2.12. The minimum absolute atomic E-state index is 0.110. The number of carbonyl (C=O) groups excluding carboxylic acids is 1. The Morgan fingerprint density at radius 2 is 1.82 bits per heavy atom. The number of benzene rings is 2. The van der Waals surface area contributed by atoms with Crippen LogP contribution in [-0.2, 0) is 6.42 Å². The van der Waals surface area contributed by atoms with Crippen LogP contribution < -0.4 is 5.32 Å². The number of aromatic nitrogens is 1. The number of nitrogens with zero attached hydrogens (tertiary/aromatic N) is 1. The first kappa shape index (κ1) is 14.5. The highest BCUT2D eigenvalue weighted by molar-refractivity contribution is 7.13. The summed E-state index contributed by atoms with van der Waals surface area (Å²) in [7, 11) is 0. The number of amides is 1. The van der Waals surface area contributed by atoms with E-state index in [1.165, 1.54) is 16.9 Å². The molecule has 0 saturated heterocycles. The van der Waals surface area contributed by atoms with Crippen molar-refractivity contribution in [1.82, 2.24) is 4.98 Å². The van der Waals surface area contributed by atoms with Gasteiger partial charge in [-0.15, -0.1) is 11.3 Å². The summed E-state index contributed by atoms with van der Waals surface area (Å²) in [4.78, 5) is 16.8. The van der Waals surface area contributed by atoms with Gasteiger partial charge >= 0.3 is 0 Å². The molecule has 1 heterocycles. The molecule has 3 aromatic rings. The lowest BCUT2D eigenvalue weighted by Gasteiger charge is -2.09. The number of thiazole rings is 1. The number of rotatable bonds is 4. The standard InChI is InChI=1S/C18H16N2OS/c1-13-12-22-18(19-13)20-17(21)16-10-6-5-9-15(16)11-14-7-3-2-4-8-14/h2-10,12H,11H2,1H3,(H,19,20,21). The van der Waals surface area contributed by atoms with Crippen LogP contribution in [0.4, 0.5) is 5.13 Å². The number of anilines is 1. The molecule has 22 heavy (non-hydrogen) atoms. The van der Waals surface area contributed by atoms with Crippen molar-refractivity contribution in [2.75, 3.05) is 5.32 Å². The molecule has 0 fully saturated rings. The minimum Gasteiger partial charge on any atom is -0.298 e. The number of nitrogens with one attached hydrogen (secondary N) is 1. The van der Waals surface area contributed by atoms with Crippen LogP contribution in [0.5, 0.6) is 0 Å². The first-order valence-electron chi connectivity index (χ1n) is 7.07. The summed E-state index contributed by atoms with van der Waals surface area (Å²) in [5.74, 6) is -0.110. The van der Waals surface area contributed by atoms with Gasteiger partial charge < -0.3 is 0 Å². The summed E-state index contributed by atoms with van der Waals surface area (Å²) in [5.41, 5.74) is 3.81. The molecule has 0 aliphatic rings. The third kappa shape index (κ3) is 3.40. The molecule has 0 bridgehead atoms. The molecule has 2 aromatic carbocycles. The molecule has 110 valence electrons. The summed E-state index contributed by atoms with van der Waals surface area (Å²) in [6.07, 6.45) is 0.737. The molecule has 0 spiro atoms. The molecular weight excluding hydrogens is 292 g/mol. The molecule has 1 aromatic heterocycles. The largest absolute Gasteiger partial charge is 0.298 e. The van der Waals surface area contributed by atoms with Gasteiger partial charge in [-0.25, -0.2) is 4.98 Å². The quantitative estimate of drug-likeness (QED) is 0.781. The van der Waals surface area contributed by atoms with Crippen molar-refractivity contribution in [3.63, 3.8) is 0 Å². The van der Waals surface area contributed by atoms with E-state index in [4.69, 9.17) is 0 Å². The summed E-state index contributed by atoms with van der Waals surface area (Å²) in [6.45, 7) is 1.91. The Morgan fingerprint density at radius 3 is 2.55 bits per heavy atom. The Bertz CT molecular complexity index is 781. The summed E-state index contributed by atoms with van der Waals surface area (Å²) < 4.78 is 0. The molecule has 3 nitrogen and oxygen atoms in total. The van der Waals surface area contributed by atoms with Crippen molar-refractivity contribution in [3.8, 4) is 0 Å². The first-order chi connectivity index (χ1) is 10.7. The number of carbonyl (C=O) groups is 1. The van der Waals surface area contributed by atoms with Crippen molar-refractivity contribution in [2.24, 2.45) is 0 Å². The second kappa shape index (κ2) is 6.54. The number of hydrogen-bond acceptors (Lipinski definition) is 3. The summed E-state index contributed by atoms with van der Waals surface area (Å²) in [5, 5.41) is 5.43. The molecule has 0 saturated carbocycles. The highest BCUT2D eigenvalue weighted by Crippen LogP contribution is 2.19. The average Bonchev–Trinajstić information content (AvgIpc) is 2.94. The third-order valence-electron chi connectivity index (χ3n) is 3.34. The van der Waals surface area contributed by atoms with Gasteiger partial charge in [-0.3, -0.25) is 10.1 Å². The fourth-order valence-corrected chi connectivity index (χ4v) is 2.97. The van der Waals surface area contributed by atoms with Gasteiger partial charge in [-0.05, 0) is 30.5 Å². The maximum absolute atomic E-state index is 12.5. The Morgan fingerprint density at radius 1 is 1.09 bits per heavy atom. The lowest BCUT2D eigenvalue weighted by atomic mass is 9.99. The number of hydrogen-bond donors (Lipinski definition) is 1. The minimum atomic E-state index is -0.110. The van der Waals surface area contributed by atoms with E-state index in [0.29, 0.717) is 10.7 Å². The smallest absolute Gasteiger partial charge is 0.257 e. The molecule has 1 N–H and O–H groups in total. The zero-order chi connectivity index (χ0) is 15.4. The predicted octanol–water partition coefficient (Wildman–Crippen LogP) is 4.29. The van der Waals surface area contributed by atoms with E-state index in [1.54, 1.807) is 0 Å². The van der Waals surface area contributed by atoms with Crippen molar-refractivity contribution in [3.05, 3.63) is 82.4 Å². The van der Waals surface area contributed by atoms with E-state index in [-0.39, 0.29) is 5.91 Å². The molecule has 0 radical (unpaired) electrons. The van der Waals surface area contributed by atoms with Crippen LogP contribution >= 0.6 is 11.3 Å². The van der Waals surface area contributed by atoms with E-state index in [1.807, 2.05) is 54.8 Å². The van der Waals surface area contributed by atoms with E-state index >= 15 is 0 Å². The van der Waals surface area contributed by atoms with Crippen LogP contribution in [0.1, 0.15) is 27.2 Å². The predicted molar refractivity (Wildman–Crippen MR) is 90.5 cm³/mol. The topological polar surface area (TPSA) is 42.0 Å². The molecule has 1 amide bonds. The highest BCUT2D eigenvalue weighted by atomic mass is 32.1. The van der Waals surface area contributed by atoms with Crippen LogP contribution in [0.2, 0.25) is 0 Å². The fourth-order valence-electron chi connectivity index (χ4n) is 2.29. The Labute approximate surface area is 133 Å². The van der Waals surface area contributed by atoms with Gasteiger partial charge in [0.1, 0.15) is 0 Å². The monoisotopic (exact) mass is 308 g/mol. The zero-order valence-corrected chi connectivity index (χ0v) is 13.1. The van der Waals surface area contributed by atoms with Gasteiger partial charge in [0.05, 0.1) is 5.69 Å². The zero-order valence-electron chi connectivity index (χ0n) is 12.2. The van der Waals surface area contributed by atoms with E-state index in [0.717, 1.165) is 17.7 Å². The van der Waals surface area contributed by atoms with Crippen molar-refractivity contribution in [1.29, 1.82) is 0 Å². The summed E-state index contributed by atoms with van der Waals surface area (Å²) >= 11 is 1.44. The van der Waals surface area contributed by atoms with Crippen LogP contribution in [0.15, 0.2) is 60.0 Å². The van der Waals surface area contributed by atoms with Crippen LogP contribution in [0, 0.1) is 6.92 Å². The average molecular weight is 308 g/mol. The summed E-state index contributed by atoms with van der Waals surface area (Å²) in [6, 6.07) is 17.8. The molecule has 0 aliphatic carbocycles. The third-order valence-corrected chi connectivity index (χ3v) is 4.21. The second-order valence-corrected chi connectivity index (χ2v) is 5.93. The lowest BCUT2D eigenvalue weighted by Crippen LogP contribution is -2.14. The maximum Gasteiger partial charge on any atom is 0.257 e. The van der Waals surface area contributed by atoms with Gasteiger partial charge in [0.15, 0.2) is 5.13 Å². The SMILES string of the molecule is Cc1csc(NC(=O)c2ccccc2Cc2ccccc2)n1. The maximum atomic E-state index is 12.5. The molecule has 3 rings (SSSR count).